The summed E-state index contributed by atoms with van der Waals surface area (Å²) >= 11 is 0. The van der Waals surface area contributed by atoms with E-state index < -0.39 is 0 Å². The molecule has 5 aromatic rings. The molecule has 0 amide bonds. The fourth-order valence-corrected chi connectivity index (χ4v) is 4.67. The molecule has 2 N–H and O–H groups in total. The molecule has 6 rings (SSSR count). The second-order valence-electron chi connectivity index (χ2n) is 8.53. The van der Waals surface area contributed by atoms with Crippen molar-refractivity contribution in [3.05, 3.63) is 89.3 Å². The Hall–Kier alpha value is -3.84. The Bertz CT molecular complexity index is 1450. The fourth-order valence-electron chi connectivity index (χ4n) is 4.67. The minimum Gasteiger partial charge on any atom is -0.340 e. The van der Waals surface area contributed by atoms with Crippen LogP contribution in [0, 0.1) is 6.92 Å². The van der Waals surface area contributed by atoms with Crippen molar-refractivity contribution >= 4 is 5.65 Å². The number of nitrogens with zero attached hydrogens (tertiary/aromatic N) is 5. The molecule has 4 aromatic heterocycles. The Kier molecular flexibility index (Phi) is 4.96. The van der Waals surface area contributed by atoms with Crippen LogP contribution in [0.2, 0.25) is 0 Å². The van der Waals surface area contributed by atoms with Gasteiger partial charge in [0.25, 0.3) is 0 Å². The smallest absolute Gasteiger partial charge is 0.155 e. The van der Waals surface area contributed by atoms with Crippen molar-refractivity contribution in [2.24, 2.45) is 0 Å². The largest absolute Gasteiger partial charge is 0.340 e. The second kappa shape index (κ2) is 8.26. The van der Waals surface area contributed by atoms with Crippen LogP contribution in [0.4, 0.5) is 0 Å². The number of aryl methyl sites for hydroxylation is 3. The van der Waals surface area contributed by atoms with E-state index in [1.807, 2.05) is 43.5 Å². The quantitative estimate of drug-likeness (QED) is 0.437. The number of imidazole rings is 1. The first-order chi connectivity index (χ1) is 16.2. The minimum absolute atomic E-state index is 0.813. The Balaban J connectivity index is 1.38. The number of H-pyrrole nitrogens is 1. The van der Waals surface area contributed by atoms with Crippen LogP contribution in [0.5, 0.6) is 0 Å². The highest BCUT2D eigenvalue weighted by Crippen LogP contribution is 2.30. The third-order valence-corrected chi connectivity index (χ3v) is 6.31. The molecule has 0 unspecified atom stereocenters. The van der Waals surface area contributed by atoms with Gasteiger partial charge in [-0.25, -0.2) is 14.5 Å². The summed E-state index contributed by atoms with van der Waals surface area (Å²) in [6.45, 7) is 4.01. The van der Waals surface area contributed by atoms with Crippen LogP contribution in [0.15, 0.2) is 61.1 Å². The third-order valence-electron chi connectivity index (χ3n) is 6.31. The van der Waals surface area contributed by atoms with E-state index in [0.29, 0.717) is 0 Å². The molecule has 0 atom stereocenters. The SMILES string of the molecule is Cc1cccc(-c2[nH]c(CCc3cccc4c3CCNC4)nc2-c2ccc3ncnn3c2)n1. The van der Waals surface area contributed by atoms with E-state index in [9.17, 15) is 0 Å². The van der Waals surface area contributed by atoms with Crippen molar-refractivity contribution in [2.75, 3.05) is 6.54 Å². The van der Waals surface area contributed by atoms with Gasteiger partial charge in [0.05, 0.1) is 17.1 Å². The summed E-state index contributed by atoms with van der Waals surface area (Å²) in [5.41, 5.74) is 9.84. The van der Waals surface area contributed by atoms with Crippen molar-refractivity contribution in [3.8, 4) is 22.6 Å². The number of hydrogen-bond acceptors (Lipinski definition) is 5. The van der Waals surface area contributed by atoms with Gasteiger partial charge in [0.15, 0.2) is 5.65 Å². The molecule has 0 radical (unpaired) electrons. The Labute approximate surface area is 192 Å². The van der Waals surface area contributed by atoms with Gasteiger partial charge in [-0.3, -0.25) is 4.98 Å². The van der Waals surface area contributed by atoms with Crippen molar-refractivity contribution in [3.63, 3.8) is 0 Å². The van der Waals surface area contributed by atoms with Gasteiger partial charge in [-0.15, -0.1) is 0 Å². The molecule has 0 saturated carbocycles. The number of rotatable bonds is 5. The van der Waals surface area contributed by atoms with Gasteiger partial charge in [0.1, 0.15) is 12.2 Å². The normalized spacial score (nSPS) is 13.4. The van der Waals surface area contributed by atoms with Crippen molar-refractivity contribution < 1.29 is 0 Å². The zero-order valence-corrected chi connectivity index (χ0v) is 18.5. The summed E-state index contributed by atoms with van der Waals surface area (Å²) in [4.78, 5) is 17.6. The molecule has 7 heteroatoms. The zero-order chi connectivity index (χ0) is 22.2. The first-order valence-electron chi connectivity index (χ1n) is 11.4. The number of aromatic amines is 1. The number of fused-ring (bicyclic) bond motifs is 2. The maximum atomic E-state index is 5.04. The topological polar surface area (TPSA) is 83.8 Å². The summed E-state index contributed by atoms with van der Waals surface area (Å²) in [5.74, 6) is 0.966. The predicted molar refractivity (Wildman–Crippen MR) is 128 cm³/mol. The molecular formula is C26H25N7. The molecule has 0 saturated heterocycles. The lowest BCUT2D eigenvalue weighted by atomic mass is 9.93. The van der Waals surface area contributed by atoms with Gasteiger partial charge in [0, 0.05) is 30.4 Å². The average molecular weight is 436 g/mol. The van der Waals surface area contributed by atoms with Gasteiger partial charge in [0.2, 0.25) is 0 Å². The Morgan fingerprint density at radius 1 is 1.00 bits per heavy atom. The molecule has 0 spiro atoms. The van der Waals surface area contributed by atoms with E-state index in [-0.39, 0.29) is 0 Å². The van der Waals surface area contributed by atoms with Gasteiger partial charge in [-0.05, 0) is 67.3 Å². The van der Waals surface area contributed by atoms with Crippen LogP contribution in [0.3, 0.4) is 0 Å². The van der Waals surface area contributed by atoms with Crippen LogP contribution in [0.25, 0.3) is 28.3 Å². The number of hydrogen-bond donors (Lipinski definition) is 2. The molecule has 7 nitrogen and oxygen atoms in total. The van der Waals surface area contributed by atoms with E-state index in [1.165, 1.54) is 16.7 Å². The van der Waals surface area contributed by atoms with Crippen molar-refractivity contribution in [1.29, 1.82) is 0 Å². The summed E-state index contributed by atoms with van der Waals surface area (Å²) < 4.78 is 1.78. The molecule has 0 fully saturated rings. The van der Waals surface area contributed by atoms with Crippen molar-refractivity contribution in [1.82, 2.24) is 34.9 Å². The number of benzene rings is 1. The van der Waals surface area contributed by atoms with Gasteiger partial charge in [-0.2, -0.15) is 5.10 Å². The van der Waals surface area contributed by atoms with E-state index in [1.54, 1.807) is 10.8 Å². The van der Waals surface area contributed by atoms with E-state index >= 15 is 0 Å². The highest BCUT2D eigenvalue weighted by Gasteiger charge is 2.18. The number of pyridine rings is 2. The van der Waals surface area contributed by atoms with Gasteiger partial charge >= 0.3 is 0 Å². The monoisotopic (exact) mass is 435 g/mol. The first kappa shape index (κ1) is 19.8. The molecule has 1 aliphatic heterocycles. The Morgan fingerprint density at radius 2 is 1.94 bits per heavy atom. The third kappa shape index (κ3) is 3.81. The minimum atomic E-state index is 0.813. The predicted octanol–water partition coefficient (Wildman–Crippen LogP) is 3.92. The highest BCUT2D eigenvalue weighted by atomic mass is 15.3. The van der Waals surface area contributed by atoms with Crippen LogP contribution >= 0.6 is 0 Å². The molecule has 33 heavy (non-hydrogen) atoms. The van der Waals surface area contributed by atoms with Crippen molar-refractivity contribution in [2.45, 2.75) is 32.7 Å². The highest BCUT2D eigenvalue weighted by molar-refractivity contribution is 5.77. The zero-order valence-electron chi connectivity index (χ0n) is 18.5. The molecule has 0 aliphatic carbocycles. The van der Waals surface area contributed by atoms with Gasteiger partial charge < -0.3 is 10.3 Å². The summed E-state index contributed by atoms with van der Waals surface area (Å²) in [6, 6.07) is 16.8. The number of nitrogens with one attached hydrogen (secondary N) is 2. The average Bonchev–Trinajstić information content (AvgIpc) is 3.49. The van der Waals surface area contributed by atoms with E-state index in [4.69, 9.17) is 9.97 Å². The summed E-state index contributed by atoms with van der Waals surface area (Å²) in [5, 5.41) is 7.76. The van der Waals surface area contributed by atoms with Crippen LogP contribution in [-0.4, -0.2) is 36.1 Å². The lowest BCUT2D eigenvalue weighted by molar-refractivity contribution is 0.637. The number of aromatic nitrogens is 6. The first-order valence-corrected chi connectivity index (χ1v) is 11.4. The van der Waals surface area contributed by atoms with E-state index in [0.717, 1.165) is 72.2 Å². The molecule has 0 bridgehead atoms. The standard InChI is InChI=1S/C26H25N7/c1-17-4-2-7-22(30-17)26-25(20-9-11-24-28-16-29-33(24)15-20)31-23(32-26)10-8-18-5-3-6-19-14-27-13-12-21(18)19/h2-7,9,11,15-16,27H,8,10,12-14H2,1H3,(H,31,32). The maximum Gasteiger partial charge on any atom is 0.155 e. The van der Waals surface area contributed by atoms with Crippen LogP contribution in [0.1, 0.15) is 28.2 Å². The molecule has 5 heterocycles. The van der Waals surface area contributed by atoms with E-state index in [2.05, 4.69) is 38.6 Å². The summed E-state index contributed by atoms with van der Waals surface area (Å²) in [7, 11) is 0. The van der Waals surface area contributed by atoms with Crippen LogP contribution < -0.4 is 5.32 Å². The lowest BCUT2D eigenvalue weighted by Gasteiger charge is -2.20. The molecule has 164 valence electrons. The lowest BCUT2D eigenvalue weighted by Crippen LogP contribution is -2.24. The second-order valence-corrected chi connectivity index (χ2v) is 8.53. The molecule has 1 aliphatic rings. The maximum absolute atomic E-state index is 5.04. The fraction of sp³-hybridized carbons (Fsp3) is 0.231. The molecular weight excluding hydrogens is 410 g/mol. The van der Waals surface area contributed by atoms with Gasteiger partial charge in [-0.1, -0.05) is 24.3 Å². The summed E-state index contributed by atoms with van der Waals surface area (Å²) in [6.07, 6.45) is 6.43. The Morgan fingerprint density at radius 3 is 2.88 bits per heavy atom. The van der Waals surface area contributed by atoms with Crippen LogP contribution in [-0.2, 0) is 25.8 Å². The molecule has 1 aromatic carbocycles.